The first-order valence-electron chi connectivity index (χ1n) is 8.62. The van der Waals surface area contributed by atoms with Gasteiger partial charge in [0.15, 0.2) is 0 Å². The number of rotatable bonds is 7. The van der Waals surface area contributed by atoms with E-state index in [4.69, 9.17) is 0 Å². The van der Waals surface area contributed by atoms with E-state index in [0.717, 1.165) is 26.1 Å². The molecule has 1 N–H and O–H groups in total. The number of benzene rings is 2. The SMILES string of the molecule is C=CCN(CCc1c[nH]c2ccc(C)cc12)Cc1ccccc1C. The Hall–Kier alpha value is -2.32. The predicted molar refractivity (Wildman–Crippen MR) is 103 cm³/mol. The maximum Gasteiger partial charge on any atom is 0.0456 e. The fourth-order valence-corrected chi connectivity index (χ4v) is 3.22. The summed E-state index contributed by atoms with van der Waals surface area (Å²) in [5, 5.41) is 1.35. The lowest BCUT2D eigenvalue weighted by Crippen LogP contribution is -2.26. The Balaban J connectivity index is 1.72. The van der Waals surface area contributed by atoms with E-state index >= 15 is 0 Å². The van der Waals surface area contributed by atoms with Crippen LogP contribution in [0.1, 0.15) is 22.3 Å². The second-order valence-corrected chi connectivity index (χ2v) is 6.56. The fourth-order valence-electron chi connectivity index (χ4n) is 3.22. The number of hydrogen-bond acceptors (Lipinski definition) is 1. The topological polar surface area (TPSA) is 19.0 Å². The monoisotopic (exact) mass is 318 g/mol. The lowest BCUT2D eigenvalue weighted by atomic mass is 10.1. The van der Waals surface area contributed by atoms with Crippen molar-refractivity contribution in [2.75, 3.05) is 13.1 Å². The van der Waals surface area contributed by atoms with E-state index in [-0.39, 0.29) is 0 Å². The van der Waals surface area contributed by atoms with Crippen molar-refractivity contribution >= 4 is 10.9 Å². The molecule has 3 aromatic rings. The molecule has 0 radical (unpaired) electrons. The first kappa shape index (κ1) is 16.5. The van der Waals surface area contributed by atoms with Gasteiger partial charge in [-0.25, -0.2) is 0 Å². The number of nitrogens with one attached hydrogen (secondary N) is 1. The molecule has 0 fully saturated rings. The number of aromatic amines is 1. The zero-order chi connectivity index (χ0) is 16.9. The summed E-state index contributed by atoms with van der Waals surface area (Å²) in [7, 11) is 0. The molecule has 3 rings (SSSR count). The van der Waals surface area contributed by atoms with Gasteiger partial charge in [-0.05, 0) is 49.1 Å². The lowest BCUT2D eigenvalue weighted by molar-refractivity contribution is 0.298. The van der Waals surface area contributed by atoms with Crippen LogP contribution in [0.2, 0.25) is 0 Å². The highest BCUT2D eigenvalue weighted by Crippen LogP contribution is 2.21. The minimum absolute atomic E-state index is 0.912. The van der Waals surface area contributed by atoms with E-state index in [1.165, 1.54) is 33.2 Å². The Morgan fingerprint density at radius 1 is 1.08 bits per heavy atom. The summed E-state index contributed by atoms with van der Waals surface area (Å²) in [6, 6.07) is 15.2. The summed E-state index contributed by atoms with van der Waals surface area (Å²) in [5.74, 6) is 0. The van der Waals surface area contributed by atoms with Crippen LogP contribution >= 0.6 is 0 Å². The van der Waals surface area contributed by atoms with Gasteiger partial charge < -0.3 is 4.98 Å². The molecular weight excluding hydrogens is 292 g/mol. The average Bonchev–Trinajstić information content (AvgIpc) is 2.97. The van der Waals surface area contributed by atoms with Crippen LogP contribution in [-0.2, 0) is 13.0 Å². The smallest absolute Gasteiger partial charge is 0.0456 e. The van der Waals surface area contributed by atoms with Crippen molar-refractivity contribution in [3.8, 4) is 0 Å². The standard InChI is InChI=1S/C22H26N2/c1-4-12-24(16-20-8-6-5-7-18(20)3)13-11-19-15-23-22-10-9-17(2)14-21(19)22/h4-10,14-15,23H,1,11-13,16H2,2-3H3. The van der Waals surface area contributed by atoms with Crippen molar-refractivity contribution in [2.24, 2.45) is 0 Å². The van der Waals surface area contributed by atoms with Gasteiger partial charge in [0.05, 0.1) is 0 Å². The summed E-state index contributed by atoms with van der Waals surface area (Å²) in [4.78, 5) is 5.85. The van der Waals surface area contributed by atoms with E-state index < -0.39 is 0 Å². The van der Waals surface area contributed by atoms with Crippen LogP contribution in [0.3, 0.4) is 0 Å². The average molecular weight is 318 g/mol. The van der Waals surface area contributed by atoms with Crippen molar-refractivity contribution < 1.29 is 0 Å². The first-order valence-corrected chi connectivity index (χ1v) is 8.62. The van der Waals surface area contributed by atoms with Gasteiger partial charge in [-0.1, -0.05) is 42.0 Å². The molecule has 0 spiro atoms. The zero-order valence-electron chi connectivity index (χ0n) is 14.7. The number of aromatic nitrogens is 1. The Bertz CT molecular complexity index is 829. The van der Waals surface area contributed by atoms with Crippen molar-refractivity contribution in [2.45, 2.75) is 26.8 Å². The van der Waals surface area contributed by atoms with E-state index in [1.54, 1.807) is 0 Å². The van der Waals surface area contributed by atoms with Crippen LogP contribution in [0.15, 0.2) is 61.3 Å². The van der Waals surface area contributed by atoms with Gasteiger partial charge in [-0.2, -0.15) is 0 Å². The third-order valence-electron chi connectivity index (χ3n) is 4.66. The number of H-pyrrole nitrogens is 1. The first-order chi connectivity index (χ1) is 11.7. The summed E-state index contributed by atoms with van der Waals surface area (Å²) in [6.07, 6.45) is 5.20. The van der Waals surface area contributed by atoms with Gasteiger partial charge in [0.25, 0.3) is 0 Å². The molecule has 0 aliphatic rings. The Morgan fingerprint density at radius 3 is 2.71 bits per heavy atom. The maximum absolute atomic E-state index is 3.92. The quantitative estimate of drug-likeness (QED) is 0.606. The van der Waals surface area contributed by atoms with Crippen LogP contribution in [0.4, 0.5) is 0 Å². The molecule has 0 atom stereocenters. The molecule has 0 unspecified atom stereocenters. The molecule has 0 saturated heterocycles. The van der Waals surface area contributed by atoms with Crippen molar-refractivity contribution in [3.63, 3.8) is 0 Å². The highest BCUT2D eigenvalue weighted by Gasteiger charge is 2.09. The van der Waals surface area contributed by atoms with Gasteiger partial charge >= 0.3 is 0 Å². The van der Waals surface area contributed by atoms with Crippen molar-refractivity contribution in [1.82, 2.24) is 9.88 Å². The molecule has 2 aromatic carbocycles. The number of fused-ring (bicyclic) bond motifs is 1. The summed E-state index contributed by atoms with van der Waals surface area (Å²) in [6.45, 7) is 11.2. The Kier molecular flexibility index (Phi) is 5.17. The molecule has 0 bridgehead atoms. The largest absolute Gasteiger partial charge is 0.361 e. The van der Waals surface area contributed by atoms with E-state index in [0.29, 0.717) is 0 Å². The van der Waals surface area contributed by atoms with Gasteiger partial charge in [-0.15, -0.1) is 6.58 Å². The summed E-state index contributed by atoms with van der Waals surface area (Å²) >= 11 is 0. The Labute approximate surface area is 144 Å². The highest BCUT2D eigenvalue weighted by molar-refractivity contribution is 5.83. The molecule has 0 aliphatic carbocycles. The summed E-state index contributed by atoms with van der Waals surface area (Å²) < 4.78 is 0. The van der Waals surface area contributed by atoms with E-state index in [9.17, 15) is 0 Å². The van der Waals surface area contributed by atoms with Gasteiger partial charge in [0, 0.05) is 36.7 Å². The van der Waals surface area contributed by atoms with Crippen LogP contribution < -0.4 is 0 Å². The number of hydrogen-bond donors (Lipinski definition) is 1. The lowest BCUT2D eigenvalue weighted by Gasteiger charge is -2.21. The van der Waals surface area contributed by atoms with Crippen LogP contribution in [-0.4, -0.2) is 23.0 Å². The Morgan fingerprint density at radius 2 is 1.92 bits per heavy atom. The molecule has 0 amide bonds. The van der Waals surface area contributed by atoms with Gasteiger partial charge in [0.1, 0.15) is 0 Å². The van der Waals surface area contributed by atoms with Crippen LogP contribution in [0.25, 0.3) is 10.9 Å². The van der Waals surface area contributed by atoms with Gasteiger partial charge in [0.2, 0.25) is 0 Å². The van der Waals surface area contributed by atoms with Crippen LogP contribution in [0.5, 0.6) is 0 Å². The number of nitrogens with zero attached hydrogens (tertiary/aromatic N) is 1. The normalized spacial score (nSPS) is 11.3. The predicted octanol–water partition coefficient (Wildman–Crippen LogP) is 5.02. The molecule has 1 heterocycles. The maximum atomic E-state index is 3.92. The molecular formula is C22H26N2. The van der Waals surface area contributed by atoms with Crippen molar-refractivity contribution in [3.05, 3.63) is 83.6 Å². The number of aryl methyl sites for hydroxylation is 2. The molecule has 24 heavy (non-hydrogen) atoms. The third-order valence-corrected chi connectivity index (χ3v) is 4.66. The second-order valence-electron chi connectivity index (χ2n) is 6.56. The fraction of sp³-hybridized carbons (Fsp3) is 0.273. The zero-order valence-corrected chi connectivity index (χ0v) is 14.7. The van der Waals surface area contributed by atoms with Crippen molar-refractivity contribution in [1.29, 1.82) is 0 Å². The van der Waals surface area contributed by atoms with E-state index in [1.807, 2.05) is 6.08 Å². The highest BCUT2D eigenvalue weighted by atomic mass is 15.1. The minimum Gasteiger partial charge on any atom is -0.361 e. The molecule has 2 heteroatoms. The van der Waals surface area contributed by atoms with Crippen LogP contribution in [0, 0.1) is 13.8 Å². The minimum atomic E-state index is 0.912. The van der Waals surface area contributed by atoms with E-state index in [2.05, 4.69) is 79.0 Å². The molecule has 0 aliphatic heterocycles. The molecule has 2 nitrogen and oxygen atoms in total. The van der Waals surface area contributed by atoms with Gasteiger partial charge in [-0.3, -0.25) is 4.90 Å². The molecule has 124 valence electrons. The second kappa shape index (κ2) is 7.50. The molecule has 0 saturated carbocycles. The third kappa shape index (κ3) is 3.77. The summed E-state index contributed by atoms with van der Waals surface area (Å²) in [5.41, 5.74) is 6.69. The molecule has 1 aromatic heterocycles.